The van der Waals surface area contributed by atoms with Crippen molar-refractivity contribution in [3.8, 4) is 0 Å². The first-order valence-electron chi connectivity index (χ1n) is 9.15. The summed E-state index contributed by atoms with van der Waals surface area (Å²) in [7, 11) is 0. The van der Waals surface area contributed by atoms with Crippen molar-refractivity contribution in [1.82, 2.24) is 24.8 Å². The molecule has 0 atom stereocenters. The third-order valence-electron chi connectivity index (χ3n) is 4.64. The van der Waals surface area contributed by atoms with Crippen LogP contribution in [0.1, 0.15) is 21.5 Å². The third-order valence-corrected chi connectivity index (χ3v) is 4.64. The summed E-state index contributed by atoms with van der Waals surface area (Å²) in [6.07, 6.45) is 3.65. The quantitative estimate of drug-likeness (QED) is 0.508. The number of halogens is 2. The first kappa shape index (κ1) is 20.1. The summed E-state index contributed by atoms with van der Waals surface area (Å²) in [5, 5.41) is 2.99. The maximum absolute atomic E-state index is 13.4. The highest BCUT2D eigenvalue weighted by atomic mass is 19.2. The van der Waals surface area contributed by atoms with Crippen molar-refractivity contribution in [1.29, 1.82) is 0 Å². The van der Waals surface area contributed by atoms with Crippen LogP contribution in [0.3, 0.4) is 0 Å². The van der Waals surface area contributed by atoms with Crippen LogP contribution in [0.5, 0.6) is 0 Å². The van der Waals surface area contributed by atoms with E-state index in [0.29, 0.717) is 22.0 Å². The highest BCUT2D eigenvalue weighted by Gasteiger charge is 2.14. The van der Waals surface area contributed by atoms with E-state index >= 15 is 0 Å². The van der Waals surface area contributed by atoms with Gasteiger partial charge in [-0.05, 0) is 35.4 Å². The lowest BCUT2D eigenvalue weighted by Gasteiger charge is -2.09. The number of benzene rings is 2. The van der Waals surface area contributed by atoms with Gasteiger partial charge in [-0.2, -0.15) is 0 Å². The SMILES string of the molecule is O=C(NCc1ccc2nc[nH]c(=O)c2c1)c1cncn(Cc2ccc(F)c(F)c2)c1=O. The van der Waals surface area contributed by atoms with Crippen molar-refractivity contribution >= 4 is 16.8 Å². The van der Waals surface area contributed by atoms with E-state index in [2.05, 4.69) is 20.3 Å². The molecule has 0 aliphatic rings. The van der Waals surface area contributed by atoms with Gasteiger partial charge in [-0.15, -0.1) is 0 Å². The van der Waals surface area contributed by atoms with Gasteiger partial charge in [0.2, 0.25) is 0 Å². The number of nitrogens with one attached hydrogen (secondary N) is 2. The standard InChI is InChI=1S/C21H15F2N5O3/c22-16-3-1-13(6-17(16)23)9-28-11-24-8-15(21(28)31)20(30)25-7-12-2-4-18-14(5-12)19(29)27-10-26-18/h1-6,8,10-11H,7,9H2,(H,25,30)(H,26,27,29). The van der Waals surface area contributed by atoms with Crippen LogP contribution in [0.15, 0.2) is 64.8 Å². The lowest BCUT2D eigenvalue weighted by atomic mass is 10.1. The number of aromatic nitrogens is 4. The molecule has 2 aromatic heterocycles. The van der Waals surface area contributed by atoms with Gasteiger partial charge in [0.05, 0.1) is 30.1 Å². The Bertz CT molecular complexity index is 1410. The van der Waals surface area contributed by atoms with Gasteiger partial charge in [-0.1, -0.05) is 12.1 Å². The van der Waals surface area contributed by atoms with E-state index in [4.69, 9.17) is 0 Å². The van der Waals surface area contributed by atoms with Crippen LogP contribution in [0.4, 0.5) is 8.78 Å². The van der Waals surface area contributed by atoms with Gasteiger partial charge < -0.3 is 10.3 Å². The Morgan fingerprint density at radius 3 is 2.68 bits per heavy atom. The highest BCUT2D eigenvalue weighted by Crippen LogP contribution is 2.10. The van der Waals surface area contributed by atoms with E-state index in [-0.39, 0.29) is 24.2 Å². The molecule has 1 amide bonds. The summed E-state index contributed by atoms with van der Waals surface area (Å²) in [6, 6.07) is 8.25. The van der Waals surface area contributed by atoms with Gasteiger partial charge in [0.25, 0.3) is 17.0 Å². The molecule has 2 aromatic carbocycles. The molecule has 2 heterocycles. The zero-order valence-corrected chi connectivity index (χ0v) is 15.9. The molecule has 0 aliphatic heterocycles. The second kappa shape index (κ2) is 8.27. The summed E-state index contributed by atoms with van der Waals surface area (Å²) in [6.45, 7) is -0.00871. The fourth-order valence-electron chi connectivity index (χ4n) is 3.06. The predicted octanol–water partition coefficient (Wildman–Crippen LogP) is 1.74. The Labute approximate surface area is 173 Å². The summed E-state index contributed by atoms with van der Waals surface area (Å²) < 4.78 is 27.6. The average Bonchev–Trinajstić information content (AvgIpc) is 2.76. The number of amides is 1. The number of carbonyl (C=O) groups is 1. The largest absolute Gasteiger partial charge is 0.348 e. The van der Waals surface area contributed by atoms with Crippen molar-refractivity contribution < 1.29 is 13.6 Å². The average molecular weight is 423 g/mol. The first-order valence-corrected chi connectivity index (χ1v) is 9.15. The number of hydrogen-bond donors (Lipinski definition) is 2. The molecule has 10 heteroatoms. The zero-order chi connectivity index (χ0) is 22.0. The fraction of sp³-hybridized carbons (Fsp3) is 0.0952. The second-order valence-electron chi connectivity index (χ2n) is 6.75. The van der Waals surface area contributed by atoms with E-state index in [1.165, 1.54) is 18.7 Å². The normalized spacial score (nSPS) is 10.9. The summed E-state index contributed by atoms with van der Waals surface area (Å²) in [5.41, 5.74) is 0.374. The van der Waals surface area contributed by atoms with Crippen LogP contribution in [-0.4, -0.2) is 25.4 Å². The van der Waals surface area contributed by atoms with Crippen LogP contribution in [0.25, 0.3) is 10.9 Å². The zero-order valence-electron chi connectivity index (χ0n) is 15.9. The Balaban J connectivity index is 1.52. The van der Waals surface area contributed by atoms with Crippen molar-refractivity contribution in [3.05, 3.63) is 104 Å². The van der Waals surface area contributed by atoms with E-state index in [9.17, 15) is 23.2 Å². The monoisotopic (exact) mass is 423 g/mol. The summed E-state index contributed by atoms with van der Waals surface area (Å²) in [4.78, 5) is 47.5. The summed E-state index contributed by atoms with van der Waals surface area (Å²) >= 11 is 0. The Morgan fingerprint density at radius 2 is 1.87 bits per heavy atom. The molecule has 0 spiro atoms. The second-order valence-corrected chi connectivity index (χ2v) is 6.75. The van der Waals surface area contributed by atoms with E-state index in [1.807, 2.05) is 0 Å². The first-order chi connectivity index (χ1) is 14.9. The van der Waals surface area contributed by atoms with E-state index in [1.54, 1.807) is 18.2 Å². The smallest absolute Gasteiger partial charge is 0.266 e. The number of H-pyrrole nitrogens is 1. The molecule has 0 saturated carbocycles. The molecular weight excluding hydrogens is 408 g/mol. The van der Waals surface area contributed by atoms with Gasteiger partial charge in [0.1, 0.15) is 5.56 Å². The minimum absolute atomic E-state index is 0.0701. The number of carbonyl (C=O) groups excluding carboxylic acids is 1. The van der Waals surface area contributed by atoms with E-state index < -0.39 is 23.1 Å². The Hall–Kier alpha value is -4.21. The number of rotatable bonds is 5. The van der Waals surface area contributed by atoms with Crippen molar-refractivity contribution in [2.24, 2.45) is 0 Å². The maximum Gasteiger partial charge on any atom is 0.266 e. The molecule has 2 N–H and O–H groups in total. The van der Waals surface area contributed by atoms with Crippen molar-refractivity contribution in [3.63, 3.8) is 0 Å². The van der Waals surface area contributed by atoms with Gasteiger partial charge >= 0.3 is 0 Å². The highest BCUT2D eigenvalue weighted by molar-refractivity contribution is 5.93. The molecule has 0 saturated heterocycles. The molecule has 0 radical (unpaired) electrons. The van der Waals surface area contributed by atoms with Gasteiger partial charge in [-0.25, -0.2) is 18.7 Å². The van der Waals surface area contributed by atoms with Gasteiger partial charge in [0.15, 0.2) is 11.6 Å². The van der Waals surface area contributed by atoms with Crippen LogP contribution < -0.4 is 16.4 Å². The molecule has 0 unspecified atom stereocenters. The maximum atomic E-state index is 13.4. The van der Waals surface area contributed by atoms with E-state index in [0.717, 1.165) is 22.9 Å². The van der Waals surface area contributed by atoms with Crippen LogP contribution in [0.2, 0.25) is 0 Å². The molecule has 4 rings (SSSR count). The molecule has 8 nitrogen and oxygen atoms in total. The van der Waals surface area contributed by atoms with Crippen molar-refractivity contribution in [2.75, 3.05) is 0 Å². The Morgan fingerprint density at radius 1 is 1.06 bits per heavy atom. The molecule has 0 fully saturated rings. The number of fused-ring (bicyclic) bond motifs is 1. The topological polar surface area (TPSA) is 110 Å². The fourth-order valence-corrected chi connectivity index (χ4v) is 3.06. The van der Waals surface area contributed by atoms with Crippen LogP contribution in [0, 0.1) is 11.6 Å². The molecule has 31 heavy (non-hydrogen) atoms. The number of hydrogen-bond acceptors (Lipinski definition) is 5. The lowest BCUT2D eigenvalue weighted by molar-refractivity contribution is 0.0948. The van der Waals surface area contributed by atoms with Crippen LogP contribution in [-0.2, 0) is 13.1 Å². The molecule has 4 aromatic rings. The number of aromatic amines is 1. The Kier molecular flexibility index (Phi) is 5.35. The van der Waals surface area contributed by atoms with Gasteiger partial charge in [-0.3, -0.25) is 19.0 Å². The van der Waals surface area contributed by atoms with Crippen molar-refractivity contribution in [2.45, 2.75) is 13.1 Å². The molecule has 0 aliphatic carbocycles. The minimum atomic E-state index is -1.03. The number of nitrogens with zero attached hydrogens (tertiary/aromatic N) is 3. The minimum Gasteiger partial charge on any atom is -0.348 e. The summed E-state index contributed by atoms with van der Waals surface area (Å²) in [5.74, 6) is -2.68. The molecule has 0 bridgehead atoms. The van der Waals surface area contributed by atoms with Gasteiger partial charge in [0, 0.05) is 12.7 Å². The third kappa shape index (κ3) is 4.22. The lowest BCUT2D eigenvalue weighted by Crippen LogP contribution is -2.33. The molecular formula is C21H15F2N5O3. The van der Waals surface area contributed by atoms with Crippen LogP contribution >= 0.6 is 0 Å². The predicted molar refractivity (Wildman–Crippen MR) is 107 cm³/mol. The molecule has 156 valence electrons.